The number of hydrogen-bond donors (Lipinski definition) is 0. The summed E-state index contributed by atoms with van der Waals surface area (Å²) in [6.07, 6.45) is 2.67. The first-order chi connectivity index (χ1) is 6.79. The van der Waals surface area contributed by atoms with E-state index >= 15 is 0 Å². The maximum atomic E-state index is 5.48. The van der Waals surface area contributed by atoms with E-state index in [0.717, 1.165) is 12.8 Å². The van der Waals surface area contributed by atoms with Crippen LogP contribution in [0, 0.1) is 0 Å². The number of halogens is 2. The molecule has 1 aliphatic heterocycles. The largest absolute Gasteiger partial charge is 0.381 e. The summed E-state index contributed by atoms with van der Waals surface area (Å²) in [6, 6.07) is 0. The van der Waals surface area contributed by atoms with E-state index in [1.807, 2.05) is 7.11 Å². The summed E-state index contributed by atoms with van der Waals surface area (Å²) in [4.78, 5) is 2.47. The molecule has 1 saturated heterocycles. The van der Waals surface area contributed by atoms with Crippen LogP contribution in [0.5, 0.6) is 0 Å². The third kappa shape index (κ3) is 4.27. The van der Waals surface area contributed by atoms with Gasteiger partial charge in [-0.05, 0) is 47.6 Å². The number of nitrogens with zero attached hydrogens (tertiary/aromatic N) is 1. The van der Waals surface area contributed by atoms with Crippen LogP contribution >= 0.6 is 37.2 Å². The minimum absolute atomic E-state index is 0.252. The summed E-state index contributed by atoms with van der Waals surface area (Å²) in [5.41, 5.74) is 0.505. The smallest absolute Gasteiger partial charge is 0.0606 e. The zero-order chi connectivity index (χ0) is 12.3. The number of hydrogen-bond acceptors (Lipinski definition) is 2. The monoisotopic (exact) mass is 439 g/mol. The lowest BCUT2D eigenvalue weighted by molar-refractivity contribution is -0.0783. The van der Waals surface area contributed by atoms with Crippen LogP contribution in [0.1, 0.15) is 40.5 Å². The van der Waals surface area contributed by atoms with Crippen molar-refractivity contribution in [3.05, 3.63) is 0 Å². The highest BCUT2D eigenvalue weighted by Gasteiger charge is 2.42. The molecule has 1 fully saturated rings. The van der Waals surface area contributed by atoms with Crippen LogP contribution < -0.4 is 0 Å². The standard InChI is InChI=1S/C11H23NO.I2/c1-10(2)7-9(13-6)8-11(3,4)12(10)5;1-2/h9H,7-8H2,1-6H3;. The molecule has 0 bridgehead atoms. The minimum Gasteiger partial charge on any atom is -0.381 e. The van der Waals surface area contributed by atoms with Crippen LogP contribution in [0.3, 0.4) is 0 Å². The molecule has 0 aromatic heterocycles. The Labute approximate surface area is 118 Å². The first kappa shape index (κ1) is 16.4. The second kappa shape index (κ2) is 6.35. The molecular formula is C11H23I2NO. The fraction of sp³-hybridized carbons (Fsp3) is 1.00. The molecular weight excluding hydrogens is 416 g/mol. The molecule has 2 nitrogen and oxygen atoms in total. The topological polar surface area (TPSA) is 12.5 Å². The molecule has 1 rings (SSSR count). The Morgan fingerprint density at radius 3 is 1.67 bits per heavy atom. The van der Waals surface area contributed by atoms with E-state index in [-0.39, 0.29) is 11.1 Å². The van der Waals surface area contributed by atoms with E-state index < -0.39 is 0 Å². The van der Waals surface area contributed by atoms with Crippen molar-refractivity contribution >= 4 is 37.2 Å². The van der Waals surface area contributed by atoms with Gasteiger partial charge in [-0.3, -0.25) is 4.90 Å². The van der Waals surface area contributed by atoms with Gasteiger partial charge in [-0.15, -0.1) is 0 Å². The van der Waals surface area contributed by atoms with Gasteiger partial charge in [0, 0.05) is 55.4 Å². The Morgan fingerprint density at radius 1 is 1.07 bits per heavy atom. The molecule has 0 atom stereocenters. The number of likely N-dealkylation sites (tertiary alicyclic amines) is 1. The second-order valence-electron chi connectivity index (χ2n) is 5.45. The molecule has 1 aliphatic rings. The van der Waals surface area contributed by atoms with Crippen molar-refractivity contribution in [1.82, 2.24) is 4.90 Å². The third-order valence-electron chi connectivity index (χ3n) is 3.60. The molecule has 15 heavy (non-hydrogen) atoms. The van der Waals surface area contributed by atoms with Gasteiger partial charge >= 0.3 is 0 Å². The van der Waals surface area contributed by atoms with E-state index in [0.29, 0.717) is 6.10 Å². The Bertz CT molecular complexity index is 177. The van der Waals surface area contributed by atoms with Gasteiger partial charge in [0.15, 0.2) is 0 Å². The predicted molar refractivity (Wildman–Crippen MR) is 84.0 cm³/mol. The van der Waals surface area contributed by atoms with Gasteiger partial charge in [-0.2, -0.15) is 0 Å². The normalized spacial score (nSPS) is 25.6. The van der Waals surface area contributed by atoms with Gasteiger partial charge in [-0.25, -0.2) is 0 Å². The maximum Gasteiger partial charge on any atom is 0.0606 e. The van der Waals surface area contributed by atoms with Crippen LogP contribution in [0.2, 0.25) is 0 Å². The van der Waals surface area contributed by atoms with Gasteiger partial charge in [0.2, 0.25) is 0 Å². The van der Waals surface area contributed by atoms with Gasteiger partial charge in [-0.1, -0.05) is 0 Å². The zero-order valence-corrected chi connectivity index (χ0v) is 14.9. The highest BCUT2D eigenvalue weighted by atomic mass is 128. The van der Waals surface area contributed by atoms with E-state index in [1.54, 1.807) is 0 Å². The lowest BCUT2D eigenvalue weighted by atomic mass is 9.79. The molecule has 0 saturated carbocycles. The summed E-state index contributed by atoms with van der Waals surface area (Å²) < 4.78 is 5.48. The third-order valence-corrected chi connectivity index (χ3v) is 3.60. The molecule has 0 aromatic carbocycles. The van der Waals surface area contributed by atoms with E-state index in [9.17, 15) is 0 Å². The van der Waals surface area contributed by atoms with Crippen LogP contribution in [0.25, 0.3) is 0 Å². The SMILES string of the molecule is COC1CC(C)(C)N(C)C(C)(C)C1.II. The van der Waals surface area contributed by atoms with E-state index in [1.165, 1.54) is 0 Å². The summed E-state index contributed by atoms with van der Waals surface area (Å²) in [6.45, 7) is 9.17. The molecule has 0 aromatic rings. The Balaban J connectivity index is 0.000000921. The highest BCUT2D eigenvalue weighted by Crippen LogP contribution is 2.37. The maximum absolute atomic E-state index is 5.48. The Kier molecular flexibility index (Phi) is 6.93. The van der Waals surface area contributed by atoms with Crippen molar-refractivity contribution in [2.75, 3.05) is 14.2 Å². The number of rotatable bonds is 1. The van der Waals surface area contributed by atoms with Gasteiger partial charge < -0.3 is 4.74 Å². The lowest BCUT2D eigenvalue weighted by Gasteiger charge is -2.53. The molecule has 0 aliphatic carbocycles. The Hall–Kier alpha value is 1.38. The molecule has 0 N–H and O–H groups in total. The second-order valence-corrected chi connectivity index (χ2v) is 5.45. The van der Waals surface area contributed by atoms with Crippen molar-refractivity contribution in [3.8, 4) is 0 Å². The van der Waals surface area contributed by atoms with Crippen molar-refractivity contribution in [2.45, 2.75) is 57.7 Å². The van der Waals surface area contributed by atoms with Crippen LogP contribution in [0.15, 0.2) is 0 Å². The van der Waals surface area contributed by atoms with Crippen molar-refractivity contribution in [1.29, 1.82) is 0 Å². The number of ether oxygens (including phenoxy) is 1. The van der Waals surface area contributed by atoms with E-state index in [2.05, 4.69) is 76.9 Å². The van der Waals surface area contributed by atoms with Gasteiger partial charge in [0.05, 0.1) is 6.10 Å². The van der Waals surface area contributed by atoms with Crippen molar-refractivity contribution in [3.63, 3.8) is 0 Å². The Morgan fingerprint density at radius 2 is 1.40 bits per heavy atom. The first-order valence-corrected chi connectivity index (χ1v) is 11.5. The quantitative estimate of drug-likeness (QED) is 0.572. The summed E-state index contributed by atoms with van der Waals surface area (Å²) >= 11 is 4.24. The zero-order valence-electron chi connectivity index (χ0n) is 10.6. The highest BCUT2D eigenvalue weighted by molar-refractivity contribution is 15.0. The molecule has 0 amide bonds. The molecule has 4 heteroatoms. The summed E-state index contributed by atoms with van der Waals surface area (Å²) in [5, 5.41) is 0. The molecule has 0 unspecified atom stereocenters. The molecule has 0 spiro atoms. The number of piperidine rings is 1. The predicted octanol–water partition coefficient (Wildman–Crippen LogP) is 4.06. The molecule has 1 heterocycles. The average Bonchev–Trinajstić information content (AvgIpc) is 2.16. The first-order valence-electron chi connectivity index (χ1n) is 5.20. The molecule has 92 valence electrons. The van der Waals surface area contributed by atoms with Crippen LogP contribution in [-0.2, 0) is 4.74 Å². The summed E-state index contributed by atoms with van der Waals surface area (Å²) in [7, 11) is 4.04. The van der Waals surface area contributed by atoms with Crippen molar-refractivity contribution in [2.24, 2.45) is 0 Å². The average molecular weight is 439 g/mol. The lowest BCUT2D eigenvalue weighted by Crippen LogP contribution is -2.60. The minimum atomic E-state index is 0.252. The fourth-order valence-corrected chi connectivity index (χ4v) is 2.45. The van der Waals surface area contributed by atoms with Crippen LogP contribution in [0.4, 0.5) is 0 Å². The van der Waals surface area contributed by atoms with Gasteiger partial charge in [0.25, 0.3) is 0 Å². The fourth-order valence-electron chi connectivity index (χ4n) is 2.45. The number of methoxy groups -OCH3 is 1. The van der Waals surface area contributed by atoms with Crippen LogP contribution in [-0.4, -0.2) is 36.2 Å². The molecule has 0 radical (unpaired) electrons. The van der Waals surface area contributed by atoms with Gasteiger partial charge in [0.1, 0.15) is 0 Å². The summed E-state index contributed by atoms with van der Waals surface area (Å²) in [5.74, 6) is 0. The van der Waals surface area contributed by atoms with Crippen molar-refractivity contribution < 1.29 is 4.74 Å². The van der Waals surface area contributed by atoms with E-state index in [4.69, 9.17) is 4.74 Å².